The van der Waals surface area contributed by atoms with E-state index in [0.717, 1.165) is 17.9 Å². The first-order valence-corrected chi connectivity index (χ1v) is 6.87. The monoisotopic (exact) mass is 279 g/mol. The highest BCUT2D eigenvalue weighted by Crippen LogP contribution is 2.18. The van der Waals surface area contributed by atoms with Gasteiger partial charge in [-0.1, -0.05) is 26.0 Å². The molecule has 4 heteroatoms. The first-order valence-electron chi connectivity index (χ1n) is 6.87. The van der Waals surface area contributed by atoms with Crippen molar-refractivity contribution in [1.29, 1.82) is 0 Å². The van der Waals surface area contributed by atoms with Crippen LogP contribution in [0, 0.1) is 5.92 Å². The van der Waals surface area contributed by atoms with E-state index in [4.69, 9.17) is 9.47 Å². The highest BCUT2D eigenvalue weighted by molar-refractivity contribution is 5.80. The number of hydrogen-bond donors (Lipinski definition) is 1. The molecule has 1 atom stereocenters. The van der Waals surface area contributed by atoms with Gasteiger partial charge in [0.2, 0.25) is 0 Å². The van der Waals surface area contributed by atoms with Gasteiger partial charge >= 0.3 is 5.97 Å². The Hall–Kier alpha value is -1.55. The number of esters is 1. The highest BCUT2D eigenvalue weighted by atomic mass is 16.5. The number of carbonyl (C=O) groups is 1. The minimum atomic E-state index is -0.715. The van der Waals surface area contributed by atoms with Crippen LogP contribution in [0.5, 0.6) is 5.75 Å². The summed E-state index contributed by atoms with van der Waals surface area (Å²) in [5.74, 6) is 1.03. The standard InChI is InChI=1S/C16H25NO3/c1-12(2)11-17-16(3,15(18)20-5)10-13-6-8-14(19-4)9-7-13/h6-9,12,17H,10-11H2,1-5H3. The lowest BCUT2D eigenvalue weighted by molar-refractivity contribution is -0.148. The number of hydrogen-bond acceptors (Lipinski definition) is 4. The van der Waals surface area contributed by atoms with Gasteiger partial charge in [0.25, 0.3) is 0 Å². The number of methoxy groups -OCH3 is 2. The Balaban J connectivity index is 2.84. The van der Waals surface area contributed by atoms with E-state index in [0.29, 0.717) is 12.3 Å². The zero-order valence-electron chi connectivity index (χ0n) is 13.0. The summed E-state index contributed by atoms with van der Waals surface area (Å²) in [7, 11) is 3.06. The first-order chi connectivity index (χ1) is 9.41. The molecule has 112 valence electrons. The Morgan fingerprint density at radius 1 is 1.25 bits per heavy atom. The summed E-state index contributed by atoms with van der Waals surface area (Å²) in [6.45, 7) is 6.86. The molecule has 4 nitrogen and oxygen atoms in total. The molecule has 0 radical (unpaired) electrons. The Labute approximate surface area is 121 Å². The van der Waals surface area contributed by atoms with E-state index in [1.165, 1.54) is 7.11 Å². The first kappa shape index (κ1) is 16.5. The van der Waals surface area contributed by atoms with Gasteiger partial charge in [0.1, 0.15) is 11.3 Å². The van der Waals surface area contributed by atoms with Gasteiger partial charge < -0.3 is 14.8 Å². The number of carbonyl (C=O) groups excluding carboxylic acids is 1. The largest absolute Gasteiger partial charge is 0.497 e. The van der Waals surface area contributed by atoms with Crippen LogP contribution >= 0.6 is 0 Å². The third-order valence-electron chi connectivity index (χ3n) is 3.25. The van der Waals surface area contributed by atoms with E-state index in [2.05, 4.69) is 19.2 Å². The van der Waals surface area contributed by atoms with Crippen LogP contribution in [-0.4, -0.2) is 32.3 Å². The maximum absolute atomic E-state index is 12.1. The van der Waals surface area contributed by atoms with Crippen molar-refractivity contribution >= 4 is 5.97 Å². The van der Waals surface area contributed by atoms with Crippen molar-refractivity contribution < 1.29 is 14.3 Å². The third kappa shape index (κ3) is 4.53. The summed E-state index contributed by atoms with van der Waals surface area (Å²) >= 11 is 0. The lowest BCUT2D eigenvalue weighted by atomic mass is 9.92. The predicted octanol–water partition coefficient (Wildman–Crippen LogP) is 2.42. The van der Waals surface area contributed by atoms with Crippen LogP contribution in [0.25, 0.3) is 0 Å². The molecule has 0 fully saturated rings. The van der Waals surface area contributed by atoms with Crippen LogP contribution in [0.15, 0.2) is 24.3 Å². The SMILES string of the molecule is COC(=O)C(C)(Cc1ccc(OC)cc1)NCC(C)C. The molecular formula is C16H25NO3. The normalized spacial score (nSPS) is 13.9. The Morgan fingerprint density at radius 2 is 1.85 bits per heavy atom. The van der Waals surface area contributed by atoms with Crippen molar-refractivity contribution in [3.8, 4) is 5.75 Å². The molecule has 1 N–H and O–H groups in total. The molecule has 0 aliphatic heterocycles. The molecule has 0 heterocycles. The number of ether oxygens (including phenoxy) is 2. The Morgan fingerprint density at radius 3 is 2.30 bits per heavy atom. The van der Waals surface area contributed by atoms with E-state index in [1.54, 1.807) is 7.11 Å². The molecular weight excluding hydrogens is 254 g/mol. The molecule has 0 saturated heterocycles. The molecule has 0 spiro atoms. The second-order valence-corrected chi connectivity index (χ2v) is 5.62. The van der Waals surface area contributed by atoms with Crippen molar-refractivity contribution in [2.45, 2.75) is 32.7 Å². The molecule has 0 bridgehead atoms. The third-order valence-corrected chi connectivity index (χ3v) is 3.25. The summed E-state index contributed by atoms with van der Waals surface area (Å²) in [5, 5.41) is 3.32. The highest BCUT2D eigenvalue weighted by Gasteiger charge is 2.34. The summed E-state index contributed by atoms with van der Waals surface area (Å²) in [4.78, 5) is 12.1. The molecule has 1 rings (SSSR count). The van der Waals surface area contributed by atoms with E-state index in [1.807, 2.05) is 31.2 Å². The summed E-state index contributed by atoms with van der Waals surface area (Å²) < 4.78 is 10.1. The average Bonchev–Trinajstić information content (AvgIpc) is 2.45. The molecule has 0 aromatic heterocycles. The second-order valence-electron chi connectivity index (χ2n) is 5.62. The van der Waals surface area contributed by atoms with Gasteiger partial charge in [-0.25, -0.2) is 0 Å². The van der Waals surface area contributed by atoms with Crippen molar-refractivity contribution in [3.63, 3.8) is 0 Å². The van der Waals surface area contributed by atoms with E-state index in [-0.39, 0.29) is 5.97 Å². The van der Waals surface area contributed by atoms with Crippen LogP contribution in [0.2, 0.25) is 0 Å². The van der Waals surface area contributed by atoms with Crippen molar-refractivity contribution in [2.75, 3.05) is 20.8 Å². The van der Waals surface area contributed by atoms with E-state index < -0.39 is 5.54 Å². The minimum absolute atomic E-state index is 0.242. The molecule has 0 amide bonds. The number of rotatable bonds is 7. The summed E-state index contributed by atoms with van der Waals surface area (Å²) in [6, 6.07) is 7.74. The quantitative estimate of drug-likeness (QED) is 0.779. The van der Waals surface area contributed by atoms with Gasteiger partial charge in [-0.05, 0) is 37.1 Å². The smallest absolute Gasteiger partial charge is 0.326 e. The molecule has 0 saturated carbocycles. The maximum Gasteiger partial charge on any atom is 0.326 e. The molecule has 0 aliphatic rings. The fourth-order valence-electron chi connectivity index (χ4n) is 2.01. The molecule has 1 unspecified atom stereocenters. The molecule has 1 aromatic rings. The van der Waals surface area contributed by atoms with Crippen molar-refractivity contribution in [3.05, 3.63) is 29.8 Å². The van der Waals surface area contributed by atoms with E-state index in [9.17, 15) is 4.79 Å². The van der Waals surface area contributed by atoms with Gasteiger partial charge in [-0.15, -0.1) is 0 Å². The van der Waals surface area contributed by atoms with Crippen LogP contribution in [-0.2, 0) is 16.0 Å². The number of nitrogens with one attached hydrogen (secondary N) is 1. The van der Waals surface area contributed by atoms with Gasteiger partial charge in [0, 0.05) is 6.42 Å². The van der Waals surface area contributed by atoms with Crippen LogP contribution in [0.4, 0.5) is 0 Å². The molecule has 0 aliphatic carbocycles. The van der Waals surface area contributed by atoms with Crippen LogP contribution < -0.4 is 10.1 Å². The van der Waals surface area contributed by atoms with Crippen LogP contribution in [0.3, 0.4) is 0 Å². The fourth-order valence-corrected chi connectivity index (χ4v) is 2.01. The average molecular weight is 279 g/mol. The predicted molar refractivity (Wildman–Crippen MR) is 80.0 cm³/mol. The van der Waals surface area contributed by atoms with Crippen molar-refractivity contribution in [2.24, 2.45) is 5.92 Å². The zero-order chi connectivity index (χ0) is 15.2. The topological polar surface area (TPSA) is 47.6 Å². The fraction of sp³-hybridized carbons (Fsp3) is 0.562. The van der Waals surface area contributed by atoms with E-state index >= 15 is 0 Å². The van der Waals surface area contributed by atoms with Gasteiger partial charge in [-0.3, -0.25) is 4.79 Å². The maximum atomic E-state index is 12.1. The lowest BCUT2D eigenvalue weighted by Gasteiger charge is -2.29. The van der Waals surface area contributed by atoms with Gasteiger partial charge in [0.05, 0.1) is 14.2 Å². The molecule has 1 aromatic carbocycles. The van der Waals surface area contributed by atoms with Crippen LogP contribution in [0.1, 0.15) is 26.3 Å². The lowest BCUT2D eigenvalue weighted by Crippen LogP contribution is -2.53. The minimum Gasteiger partial charge on any atom is -0.497 e. The van der Waals surface area contributed by atoms with Gasteiger partial charge in [0.15, 0.2) is 0 Å². The van der Waals surface area contributed by atoms with Gasteiger partial charge in [-0.2, -0.15) is 0 Å². The molecule has 20 heavy (non-hydrogen) atoms. The Kier molecular flexibility index (Phi) is 6.02. The number of benzene rings is 1. The summed E-state index contributed by atoms with van der Waals surface area (Å²) in [6.07, 6.45) is 0.580. The zero-order valence-corrected chi connectivity index (χ0v) is 13.0. The van der Waals surface area contributed by atoms with Crippen molar-refractivity contribution in [1.82, 2.24) is 5.32 Å². The summed E-state index contributed by atoms with van der Waals surface area (Å²) in [5.41, 5.74) is 0.350. The Bertz CT molecular complexity index is 428. The second kappa shape index (κ2) is 7.29.